The Morgan fingerprint density at radius 2 is 1.95 bits per heavy atom. The van der Waals surface area contributed by atoms with E-state index in [9.17, 15) is 10.1 Å². The first-order valence-electron chi connectivity index (χ1n) is 7.71. The van der Waals surface area contributed by atoms with E-state index in [1.54, 1.807) is 0 Å². The van der Waals surface area contributed by atoms with Crippen LogP contribution in [0.3, 0.4) is 0 Å². The molecule has 0 spiro atoms. The van der Waals surface area contributed by atoms with Crippen molar-refractivity contribution in [2.24, 2.45) is 17.3 Å². The summed E-state index contributed by atoms with van der Waals surface area (Å²) in [5.41, 5.74) is -0.698. The normalized spacial score (nSPS) is 31.0. The van der Waals surface area contributed by atoms with Crippen molar-refractivity contribution in [3.63, 3.8) is 0 Å². The van der Waals surface area contributed by atoms with Gasteiger partial charge in [0.1, 0.15) is 5.41 Å². The van der Waals surface area contributed by atoms with E-state index >= 15 is 0 Å². The molecular weight excluding hydrogens is 236 g/mol. The van der Waals surface area contributed by atoms with Crippen molar-refractivity contribution in [2.75, 3.05) is 6.54 Å². The van der Waals surface area contributed by atoms with Crippen LogP contribution in [0.1, 0.15) is 59.3 Å². The predicted molar refractivity (Wildman–Crippen MR) is 75.3 cm³/mol. The fourth-order valence-electron chi connectivity index (χ4n) is 3.73. The van der Waals surface area contributed by atoms with Gasteiger partial charge in [-0.05, 0) is 37.5 Å². The van der Waals surface area contributed by atoms with Crippen molar-refractivity contribution in [1.82, 2.24) is 4.90 Å². The second kappa shape index (κ2) is 5.53. The Kier molecular flexibility index (Phi) is 4.18. The van der Waals surface area contributed by atoms with E-state index in [0.717, 1.165) is 32.2 Å². The van der Waals surface area contributed by atoms with Gasteiger partial charge in [0.2, 0.25) is 5.91 Å². The van der Waals surface area contributed by atoms with E-state index in [1.165, 1.54) is 12.8 Å². The van der Waals surface area contributed by atoms with Gasteiger partial charge in [0, 0.05) is 12.6 Å². The molecule has 0 bridgehead atoms. The van der Waals surface area contributed by atoms with Gasteiger partial charge in [-0.25, -0.2) is 0 Å². The van der Waals surface area contributed by atoms with Crippen LogP contribution in [0.2, 0.25) is 0 Å². The highest BCUT2D eigenvalue weighted by atomic mass is 16.2. The van der Waals surface area contributed by atoms with Gasteiger partial charge in [0.15, 0.2) is 0 Å². The lowest BCUT2D eigenvalue weighted by Crippen LogP contribution is -2.53. The van der Waals surface area contributed by atoms with Crippen molar-refractivity contribution in [3.05, 3.63) is 0 Å². The van der Waals surface area contributed by atoms with Crippen LogP contribution in [0, 0.1) is 28.6 Å². The zero-order chi connectivity index (χ0) is 14.0. The Morgan fingerprint density at radius 3 is 2.37 bits per heavy atom. The summed E-state index contributed by atoms with van der Waals surface area (Å²) in [6.07, 6.45) is 6.20. The average Bonchev–Trinajstić information content (AvgIpc) is 2.84. The molecule has 1 amide bonds. The van der Waals surface area contributed by atoms with Crippen molar-refractivity contribution < 1.29 is 4.79 Å². The number of rotatable bonds is 4. The average molecular weight is 262 g/mol. The molecule has 19 heavy (non-hydrogen) atoms. The van der Waals surface area contributed by atoms with Crippen molar-refractivity contribution >= 4 is 5.91 Å². The highest BCUT2D eigenvalue weighted by Crippen LogP contribution is 2.47. The van der Waals surface area contributed by atoms with Gasteiger partial charge in [-0.1, -0.05) is 33.6 Å². The number of nitrogens with zero attached hydrogens (tertiary/aromatic N) is 2. The zero-order valence-electron chi connectivity index (χ0n) is 12.5. The lowest BCUT2D eigenvalue weighted by Gasteiger charge is -2.44. The minimum absolute atomic E-state index is 0.119. The number of hydrogen-bond donors (Lipinski definition) is 0. The van der Waals surface area contributed by atoms with Crippen LogP contribution < -0.4 is 0 Å². The summed E-state index contributed by atoms with van der Waals surface area (Å²) < 4.78 is 0. The molecule has 0 heterocycles. The molecule has 0 aromatic rings. The lowest BCUT2D eigenvalue weighted by atomic mass is 9.62. The van der Waals surface area contributed by atoms with Crippen LogP contribution in [0.4, 0.5) is 0 Å². The molecule has 2 saturated carbocycles. The molecule has 3 heteroatoms. The number of nitriles is 1. The highest BCUT2D eigenvalue weighted by Gasteiger charge is 2.51. The minimum Gasteiger partial charge on any atom is -0.338 e. The van der Waals surface area contributed by atoms with E-state index in [2.05, 4.69) is 26.8 Å². The van der Waals surface area contributed by atoms with Gasteiger partial charge >= 0.3 is 0 Å². The van der Waals surface area contributed by atoms with E-state index in [0.29, 0.717) is 17.9 Å². The van der Waals surface area contributed by atoms with Crippen LogP contribution in [0.25, 0.3) is 0 Å². The molecule has 0 radical (unpaired) electrons. The molecule has 0 aromatic heterocycles. The van der Waals surface area contributed by atoms with Crippen LogP contribution >= 0.6 is 0 Å². The summed E-state index contributed by atoms with van der Waals surface area (Å²) in [5.74, 6) is 1.11. The monoisotopic (exact) mass is 262 g/mol. The maximum atomic E-state index is 12.8. The number of carbonyl (C=O) groups is 1. The summed E-state index contributed by atoms with van der Waals surface area (Å²) in [6, 6.07) is 2.72. The minimum atomic E-state index is -0.698. The van der Waals surface area contributed by atoms with Crippen LogP contribution in [-0.2, 0) is 4.79 Å². The fourth-order valence-corrected chi connectivity index (χ4v) is 3.73. The topological polar surface area (TPSA) is 44.1 Å². The third-order valence-corrected chi connectivity index (χ3v) is 4.61. The molecule has 2 aliphatic rings. The van der Waals surface area contributed by atoms with Gasteiger partial charge in [-0.15, -0.1) is 0 Å². The first-order valence-corrected chi connectivity index (χ1v) is 7.71. The third-order valence-electron chi connectivity index (χ3n) is 4.61. The smallest absolute Gasteiger partial charge is 0.243 e. The maximum Gasteiger partial charge on any atom is 0.243 e. The Bertz CT molecular complexity index is 371. The van der Waals surface area contributed by atoms with Crippen LogP contribution in [0.5, 0.6) is 0 Å². The molecule has 0 N–H and O–H groups in total. The van der Waals surface area contributed by atoms with Gasteiger partial charge < -0.3 is 4.90 Å². The molecule has 2 rings (SSSR count). The summed E-state index contributed by atoms with van der Waals surface area (Å²) in [6.45, 7) is 7.24. The van der Waals surface area contributed by atoms with Crippen LogP contribution in [-0.4, -0.2) is 23.4 Å². The third kappa shape index (κ3) is 2.78. The lowest BCUT2D eigenvalue weighted by molar-refractivity contribution is -0.148. The van der Waals surface area contributed by atoms with Gasteiger partial charge in [-0.2, -0.15) is 5.26 Å². The highest BCUT2D eigenvalue weighted by molar-refractivity contribution is 5.87. The summed E-state index contributed by atoms with van der Waals surface area (Å²) in [4.78, 5) is 14.9. The van der Waals surface area contributed by atoms with Gasteiger partial charge in [0.25, 0.3) is 0 Å². The van der Waals surface area contributed by atoms with Gasteiger partial charge in [0.05, 0.1) is 6.07 Å². The molecule has 0 atom stereocenters. The molecule has 2 fully saturated rings. The molecule has 3 nitrogen and oxygen atoms in total. The van der Waals surface area contributed by atoms with E-state index < -0.39 is 5.41 Å². The quantitative estimate of drug-likeness (QED) is 0.779. The van der Waals surface area contributed by atoms with Crippen molar-refractivity contribution in [2.45, 2.75) is 65.3 Å². The summed E-state index contributed by atoms with van der Waals surface area (Å²) in [5, 5.41) is 9.45. The Morgan fingerprint density at radius 1 is 1.37 bits per heavy atom. The SMILES string of the molecule is CC(C)CN(C(=O)C1(C#N)CC(C)C1)C1CCCC1. The van der Waals surface area contributed by atoms with E-state index in [-0.39, 0.29) is 5.91 Å². The Labute approximate surface area is 117 Å². The second-order valence-electron chi connectivity index (χ2n) is 7.00. The molecule has 0 aromatic carbocycles. The van der Waals surface area contributed by atoms with E-state index in [1.807, 2.05) is 4.90 Å². The standard InChI is InChI=1S/C16H26N2O/c1-12(2)10-18(14-6-4-5-7-14)15(19)16(11-17)8-13(3)9-16/h12-14H,4-10H2,1-3H3. The second-order valence-corrected chi connectivity index (χ2v) is 7.00. The number of hydrogen-bond acceptors (Lipinski definition) is 2. The molecule has 2 aliphatic carbocycles. The number of amides is 1. The Balaban J connectivity index is 2.13. The first-order chi connectivity index (χ1) is 8.98. The summed E-state index contributed by atoms with van der Waals surface area (Å²) >= 11 is 0. The summed E-state index contributed by atoms with van der Waals surface area (Å²) in [7, 11) is 0. The molecular formula is C16H26N2O. The molecule has 0 aliphatic heterocycles. The fraction of sp³-hybridized carbons (Fsp3) is 0.875. The number of carbonyl (C=O) groups excluding carboxylic acids is 1. The van der Waals surface area contributed by atoms with Crippen LogP contribution in [0.15, 0.2) is 0 Å². The van der Waals surface area contributed by atoms with Crippen molar-refractivity contribution in [1.29, 1.82) is 5.26 Å². The molecule has 0 unspecified atom stereocenters. The molecule has 106 valence electrons. The first kappa shape index (κ1) is 14.4. The Hall–Kier alpha value is -1.04. The zero-order valence-corrected chi connectivity index (χ0v) is 12.5. The largest absolute Gasteiger partial charge is 0.338 e. The van der Waals surface area contributed by atoms with E-state index in [4.69, 9.17) is 0 Å². The predicted octanol–water partition coefficient (Wildman–Crippen LogP) is 3.35. The molecule has 0 saturated heterocycles. The maximum absolute atomic E-state index is 12.8. The van der Waals surface area contributed by atoms with Crippen molar-refractivity contribution in [3.8, 4) is 6.07 Å². The van der Waals surface area contributed by atoms with Gasteiger partial charge in [-0.3, -0.25) is 4.79 Å².